The zero-order valence-electron chi connectivity index (χ0n) is 11.5. The van der Waals surface area contributed by atoms with Gasteiger partial charge in [0.05, 0.1) is 0 Å². The maximum absolute atomic E-state index is 11.1. The van der Waals surface area contributed by atoms with Crippen LogP contribution in [0.4, 0.5) is 0 Å². The van der Waals surface area contributed by atoms with Gasteiger partial charge < -0.3 is 0 Å². The fourth-order valence-electron chi connectivity index (χ4n) is 1.63. The minimum atomic E-state index is -0.190. The zero-order valence-corrected chi connectivity index (χ0v) is 11.5. The third kappa shape index (κ3) is 11.3. The van der Waals surface area contributed by atoms with Crippen LogP contribution in [-0.4, -0.2) is 12.1 Å². The van der Waals surface area contributed by atoms with Crippen molar-refractivity contribution in [1.82, 2.24) is 0 Å². The van der Waals surface area contributed by atoms with Gasteiger partial charge in [0, 0.05) is 11.8 Å². The van der Waals surface area contributed by atoms with E-state index in [0.717, 1.165) is 12.8 Å². The van der Waals surface area contributed by atoms with E-state index in [1.165, 1.54) is 44.9 Å². The average Bonchev–Trinajstić information content (AvgIpc) is 2.31. The van der Waals surface area contributed by atoms with E-state index in [2.05, 4.69) is 18.5 Å². The van der Waals surface area contributed by atoms with Crippen molar-refractivity contribution < 1.29 is 4.79 Å². The molecular formula is C15H27NO. The van der Waals surface area contributed by atoms with Crippen molar-refractivity contribution in [3.05, 3.63) is 12.2 Å². The molecule has 0 aliphatic rings. The van der Waals surface area contributed by atoms with E-state index < -0.39 is 0 Å². The Bertz CT molecular complexity index is 243. The average molecular weight is 237 g/mol. The van der Waals surface area contributed by atoms with Gasteiger partial charge in [-0.1, -0.05) is 58.4 Å². The van der Waals surface area contributed by atoms with Gasteiger partial charge in [-0.3, -0.25) is 4.79 Å². The predicted molar refractivity (Wildman–Crippen MR) is 75.5 cm³/mol. The molecule has 98 valence electrons. The highest BCUT2D eigenvalue weighted by Gasteiger charge is 1.95. The van der Waals surface area contributed by atoms with Gasteiger partial charge in [0.15, 0.2) is 0 Å². The number of carbonyl (C=O) groups is 1. The highest BCUT2D eigenvalue weighted by Crippen LogP contribution is 2.08. The fourth-order valence-corrected chi connectivity index (χ4v) is 1.63. The Morgan fingerprint density at radius 2 is 1.59 bits per heavy atom. The van der Waals surface area contributed by atoms with Crippen LogP contribution >= 0.6 is 0 Å². The number of hydrogen-bond donors (Lipinski definition) is 0. The summed E-state index contributed by atoms with van der Waals surface area (Å²) in [6.07, 6.45) is 13.1. The Morgan fingerprint density at radius 3 is 2.12 bits per heavy atom. The molecule has 0 N–H and O–H groups in total. The molecule has 0 saturated carbocycles. The van der Waals surface area contributed by atoms with Gasteiger partial charge in [0.1, 0.15) is 0 Å². The summed E-state index contributed by atoms with van der Waals surface area (Å²) in [4.78, 5) is 14.9. The van der Waals surface area contributed by atoms with Gasteiger partial charge in [-0.25, -0.2) is 4.99 Å². The maximum atomic E-state index is 11.1. The Kier molecular flexibility index (Phi) is 10.9. The van der Waals surface area contributed by atoms with E-state index in [-0.39, 0.29) is 5.91 Å². The molecule has 1 amide bonds. The molecule has 0 atom stereocenters. The van der Waals surface area contributed by atoms with Crippen molar-refractivity contribution in [3.63, 3.8) is 0 Å². The van der Waals surface area contributed by atoms with E-state index in [9.17, 15) is 4.79 Å². The summed E-state index contributed by atoms with van der Waals surface area (Å²) in [6.45, 7) is 7.49. The molecule has 0 aromatic rings. The third-order valence-corrected chi connectivity index (χ3v) is 2.76. The van der Waals surface area contributed by atoms with Crippen LogP contribution in [0.15, 0.2) is 17.1 Å². The highest BCUT2D eigenvalue weighted by atomic mass is 16.1. The van der Waals surface area contributed by atoms with Gasteiger partial charge >= 0.3 is 0 Å². The number of nitrogens with zero attached hydrogens (tertiary/aromatic N) is 1. The van der Waals surface area contributed by atoms with E-state index in [4.69, 9.17) is 0 Å². The molecule has 2 nitrogen and oxygen atoms in total. The van der Waals surface area contributed by atoms with Crippen LogP contribution in [0.25, 0.3) is 0 Å². The van der Waals surface area contributed by atoms with Crippen molar-refractivity contribution >= 4 is 12.1 Å². The van der Waals surface area contributed by atoms with E-state index in [1.807, 2.05) is 0 Å². The molecular weight excluding hydrogens is 210 g/mol. The molecule has 17 heavy (non-hydrogen) atoms. The van der Waals surface area contributed by atoms with Gasteiger partial charge in [-0.2, -0.15) is 0 Å². The summed E-state index contributed by atoms with van der Waals surface area (Å²) >= 11 is 0. The molecule has 0 unspecified atom stereocenters. The number of rotatable bonds is 10. The molecule has 2 heteroatoms. The number of unbranched alkanes of at least 4 members (excludes halogenated alkanes) is 8. The summed E-state index contributed by atoms with van der Waals surface area (Å²) in [5.74, 6) is -0.190. The van der Waals surface area contributed by atoms with Crippen molar-refractivity contribution in [2.75, 3.05) is 0 Å². The first-order valence-corrected chi connectivity index (χ1v) is 6.90. The molecule has 0 aromatic heterocycles. The van der Waals surface area contributed by atoms with Crippen LogP contribution in [0.5, 0.6) is 0 Å². The largest absolute Gasteiger partial charge is 0.271 e. The van der Waals surface area contributed by atoms with E-state index >= 15 is 0 Å². The molecule has 0 rings (SSSR count). The second kappa shape index (κ2) is 11.6. The summed E-state index contributed by atoms with van der Waals surface area (Å²) in [7, 11) is 0. The first kappa shape index (κ1) is 16.1. The smallest absolute Gasteiger partial charge is 0.267 e. The predicted octanol–water partition coefficient (Wildman–Crippen LogP) is 4.69. The second-order valence-electron chi connectivity index (χ2n) is 4.66. The van der Waals surface area contributed by atoms with Gasteiger partial charge in [0.2, 0.25) is 0 Å². The molecule has 0 fully saturated rings. The molecule has 0 aromatic carbocycles. The van der Waals surface area contributed by atoms with Crippen LogP contribution in [0.3, 0.4) is 0 Å². The molecule has 0 bridgehead atoms. The molecule has 0 radical (unpaired) electrons. The fraction of sp³-hybridized carbons (Fsp3) is 0.733. The van der Waals surface area contributed by atoms with Crippen LogP contribution in [0.1, 0.15) is 71.6 Å². The van der Waals surface area contributed by atoms with Crippen molar-refractivity contribution in [1.29, 1.82) is 0 Å². The first-order valence-electron chi connectivity index (χ1n) is 6.90. The summed E-state index contributed by atoms with van der Waals surface area (Å²) in [5, 5.41) is 0. The van der Waals surface area contributed by atoms with Crippen LogP contribution in [0, 0.1) is 0 Å². The van der Waals surface area contributed by atoms with Crippen molar-refractivity contribution in [2.24, 2.45) is 4.99 Å². The SMILES string of the molecule is C=C(C)C(=O)N=CCCCCCCCCCC. The molecule has 0 heterocycles. The molecule has 0 aliphatic carbocycles. The normalized spacial score (nSPS) is 10.9. The van der Waals surface area contributed by atoms with Gasteiger partial charge in [-0.05, 0) is 19.8 Å². The minimum absolute atomic E-state index is 0.190. The number of hydrogen-bond acceptors (Lipinski definition) is 1. The van der Waals surface area contributed by atoms with Crippen molar-refractivity contribution in [3.8, 4) is 0 Å². The third-order valence-electron chi connectivity index (χ3n) is 2.76. The van der Waals surface area contributed by atoms with Gasteiger partial charge in [0.25, 0.3) is 5.91 Å². The van der Waals surface area contributed by atoms with Crippen molar-refractivity contribution in [2.45, 2.75) is 71.6 Å². The van der Waals surface area contributed by atoms with Crippen LogP contribution < -0.4 is 0 Å². The lowest BCUT2D eigenvalue weighted by atomic mass is 10.1. The monoisotopic (exact) mass is 237 g/mol. The van der Waals surface area contributed by atoms with E-state index in [1.54, 1.807) is 13.1 Å². The lowest BCUT2D eigenvalue weighted by molar-refractivity contribution is -0.114. The highest BCUT2D eigenvalue weighted by molar-refractivity contribution is 5.97. The molecule has 0 spiro atoms. The lowest BCUT2D eigenvalue weighted by Crippen LogP contribution is -1.93. The van der Waals surface area contributed by atoms with Crippen LogP contribution in [-0.2, 0) is 4.79 Å². The number of carbonyl (C=O) groups excluding carboxylic acids is 1. The Morgan fingerprint density at radius 1 is 1.06 bits per heavy atom. The maximum Gasteiger partial charge on any atom is 0.271 e. The number of aliphatic imine (C=N–C) groups is 1. The minimum Gasteiger partial charge on any atom is -0.267 e. The summed E-state index contributed by atoms with van der Waals surface area (Å²) in [5.41, 5.74) is 0.511. The van der Waals surface area contributed by atoms with Crippen LogP contribution in [0.2, 0.25) is 0 Å². The Hall–Kier alpha value is -0.920. The second-order valence-corrected chi connectivity index (χ2v) is 4.66. The molecule has 0 aliphatic heterocycles. The molecule has 0 saturated heterocycles. The summed E-state index contributed by atoms with van der Waals surface area (Å²) in [6, 6.07) is 0. The Balaban J connectivity index is 3.24. The van der Waals surface area contributed by atoms with E-state index in [0.29, 0.717) is 5.57 Å². The lowest BCUT2D eigenvalue weighted by Gasteiger charge is -1.99. The standard InChI is InChI=1S/C15H27NO/c1-4-5-6-7-8-9-10-11-12-13-16-15(17)14(2)3/h13H,2,4-12H2,1,3H3. The topological polar surface area (TPSA) is 29.4 Å². The quantitative estimate of drug-likeness (QED) is 0.308. The van der Waals surface area contributed by atoms with Gasteiger partial charge in [-0.15, -0.1) is 0 Å². The summed E-state index contributed by atoms with van der Waals surface area (Å²) < 4.78 is 0. The first-order chi connectivity index (χ1) is 8.18. The number of amides is 1. The Labute approximate surface area is 106 Å². The zero-order chi connectivity index (χ0) is 12.9.